The smallest absolute Gasteiger partial charge is 0.294 e. The van der Waals surface area contributed by atoms with E-state index in [0.717, 1.165) is 111 Å². The number of aryl methyl sites for hydroxylation is 1. The molecule has 0 bridgehead atoms. The lowest BCUT2D eigenvalue weighted by atomic mass is 9.80. The maximum atomic E-state index is 10.5. The normalized spacial score (nSPS) is 10.6. The maximum absolute atomic E-state index is 10.5. The zero-order valence-corrected chi connectivity index (χ0v) is 73.9. The van der Waals surface area contributed by atoms with E-state index >= 15 is 0 Å². The van der Waals surface area contributed by atoms with E-state index in [2.05, 4.69) is 319 Å². The van der Waals surface area contributed by atoms with Gasteiger partial charge in [0.2, 0.25) is 0 Å². The molecule has 662 valence electrons. The van der Waals surface area contributed by atoms with Crippen LogP contribution >= 0.6 is 0 Å². The number of ether oxygens (including phenoxy) is 4. The molecule has 17 heteroatoms. The molecular formula is C107H132O16S. The van der Waals surface area contributed by atoms with Gasteiger partial charge in [-0.2, -0.15) is 8.42 Å². The van der Waals surface area contributed by atoms with Crippen molar-refractivity contribution in [2.45, 2.75) is 114 Å². The lowest BCUT2D eigenvalue weighted by Crippen LogP contribution is -2.33. The number of rotatable bonds is 30. The summed E-state index contributed by atoms with van der Waals surface area (Å²) in [6, 6.07) is 132. The van der Waals surface area contributed by atoms with Gasteiger partial charge in [-0.15, -0.1) is 0 Å². The second-order valence-corrected chi connectivity index (χ2v) is 29.0. The summed E-state index contributed by atoms with van der Waals surface area (Å²) in [5.74, 6) is 0. The summed E-state index contributed by atoms with van der Waals surface area (Å²) < 4.78 is 55.7. The lowest BCUT2D eigenvalue weighted by Gasteiger charge is -2.36. The Kier molecular flexibility index (Phi) is 55.5. The van der Waals surface area contributed by atoms with Gasteiger partial charge in [0.15, 0.2) is 0 Å². The molecule has 0 saturated heterocycles. The zero-order chi connectivity index (χ0) is 89.4. The van der Waals surface area contributed by atoms with E-state index < -0.39 is 32.5 Å². The molecule has 0 heterocycles. The summed E-state index contributed by atoms with van der Waals surface area (Å²) in [4.78, 5) is -0.0666. The molecule has 0 aromatic heterocycles. The van der Waals surface area contributed by atoms with Crippen molar-refractivity contribution in [1.82, 2.24) is 0 Å². The van der Waals surface area contributed by atoms with Gasteiger partial charge in [-0.25, -0.2) is 0 Å². The van der Waals surface area contributed by atoms with Crippen LogP contribution in [0.5, 0.6) is 0 Å². The highest BCUT2D eigenvalue weighted by molar-refractivity contribution is 7.85. The second kappa shape index (κ2) is 64.1. The van der Waals surface area contributed by atoms with Gasteiger partial charge < -0.3 is 65.3 Å². The largest absolute Gasteiger partial charge is 0.412 e. The Hall–Kier alpha value is -10.8. The summed E-state index contributed by atoms with van der Waals surface area (Å²) in [6.45, 7) is 17.0. The minimum atomic E-state index is -4.02. The Morgan fingerprint density at radius 3 is 0.419 bits per heavy atom. The van der Waals surface area contributed by atoms with Crippen molar-refractivity contribution in [2.24, 2.45) is 0 Å². The summed E-state index contributed by atoms with van der Waals surface area (Å²) in [5, 5.41) is 61.5. The molecule has 0 amide bonds. The molecule has 0 radical (unpaired) electrons. The number of benzene rings is 13. The minimum Gasteiger partial charge on any atom is -0.412 e. The van der Waals surface area contributed by atoms with E-state index in [9.17, 15) is 8.42 Å². The lowest BCUT2D eigenvalue weighted by molar-refractivity contribution is 0.0132. The highest BCUT2D eigenvalue weighted by Crippen LogP contribution is 2.45. The van der Waals surface area contributed by atoms with E-state index in [1.54, 1.807) is 12.1 Å². The fourth-order valence-electron chi connectivity index (χ4n) is 12.8. The first-order valence-corrected chi connectivity index (χ1v) is 43.7. The van der Waals surface area contributed by atoms with E-state index in [1.165, 1.54) is 12.1 Å². The Bertz CT molecular complexity index is 3810. The van der Waals surface area contributed by atoms with Crippen LogP contribution in [0.4, 0.5) is 0 Å². The molecular weight excluding hydrogens is 1570 g/mol. The van der Waals surface area contributed by atoms with Gasteiger partial charge in [0, 0.05) is 39.6 Å². The van der Waals surface area contributed by atoms with Crippen molar-refractivity contribution in [3.05, 3.63) is 461 Å². The quantitative estimate of drug-likeness (QED) is 0.0149. The molecule has 0 fully saturated rings. The minimum absolute atomic E-state index is 0. The van der Waals surface area contributed by atoms with Crippen LogP contribution in [0.2, 0.25) is 0 Å². The van der Waals surface area contributed by atoms with Gasteiger partial charge in [0.25, 0.3) is 10.1 Å². The van der Waals surface area contributed by atoms with E-state index in [1.807, 2.05) is 93.6 Å². The topological polar surface area (TPSA) is 285 Å². The Morgan fingerprint density at radius 1 is 0.210 bits per heavy atom. The van der Waals surface area contributed by atoms with Crippen LogP contribution in [-0.2, 0) is 51.5 Å². The fraction of sp³-hybridized carbons (Fsp3) is 0.271. The maximum Gasteiger partial charge on any atom is 0.294 e. The van der Waals surface area contributed by atoms with Crippen molar-refractivity contribution in [3.63, 3.8) is 0 Å². The summed E-state index contributed by atoms with van der Waals surface area (Å²) in [7, 11) is -4.02. The second-order valence-electron chi connectivity index (χ2n) is 27.6. The van der Waals surface area contributed by atoms with E-state index in [0.29, 0.717) is 39.6 Å². The molecule has 0 atom stereocenters. The SMILES string of the molecule is CCCO.CCCO.CCCOC(c1ccccc1)(c1ccccc1)c1ccccc1.CCCOC(c1ccccc1)(c1ccccc1)c1ccccc1.CCCOC(c1ccccc1)(c1ccccc1)c1ccccc1.CCCOC(c1ccccc1)(c1ccccc1)c1ccccc1.Cc1ccc(S(=O)(=O)O)cc1.O.OCCO.OCCO.OCCO. The molecule has 124 heavy (non-hydrogen) atoms. The first kappa shape index (κ1) is 107. The highest BCUT2D eigenvalue weighted by atomic mass is 32.2. The van der Waals surface area contributed by atoms with Crippen molar-refractivity contribution >= 4 is 10.1 Å². The average molecular weight is 1710 g/mol. The van der Waals surface area contributed by atoms with Gasteiger partial charge in [-0.1, -0.05) is 423 Å². The van der Waals surface area contributed by atoms with Gasteiger partial charge in [-0.05, 0) is 124 Å². The Labute approximate surface area is 738 Å². The zero-order valence-electron chi connectivity index (χ0n) is 73.1. The van der Waals surface area contributed by atoms with Crippen LogP contribution in [0.15, 0.2) is 393 Å². The Balaban J connectivity index is 0.000000382. The number of aliphatic hydroxyl groups excluding tert-OH is 8. The molecule has 11 N–H and O–H groups in total. The predicted octanol–water partition coefficient (Wildman–Crippen LogP) is 19.7. The predicted molar refractivity (Wildman–Crippen MR) is 504 cm³/mol. The van der Waals surface area contributed by atoms with Gasteiger partial charge in [-0.3, -0.25) is 4.55 Å². The van der Waals surface area contributed by atoms with E-state index in [4.69, 9.17) is 64.4 Å². The summed E-state index contributed by atoms with van der Waals surface area (Å²) in [6.07, 6.45) is 5.67. The molecule has 0 spiro atoms. The van der Waals surface area contributed by atoms with Crippen molar-refractivity contribution in [2.75, 3.05) is 79.3 Å². The number of hydrogen-bond acceptors (Lipinski definition) is 14. The molecule has 0 aliphatic carbocycles. The van der Waals surface area contributed by atoms with Crippen LogP contribution in [0.25, 0.3) is 0 Å². The molecule has 13 aromatic rings. The molecule has 0 unspecified atom stereocenters. The molecule has 16 nitrogen and oxygen atoms in total. The summed E-state index contributed by atoms with van der Waals surface area (Å²) >= 11 is 0. The molecule has 13 rings (SSSR count). The molecule has 0 aliphatic rings. The third kappa shape index (κ3) is 34.4. The third-order valence-corrected chi connectivity index (χ3v) is 19.2. The molecule has 0 saturated carbocycles. The monoisotopic (exact) mass is 1700 g/mol. The first-order valence-electron chi connectivity index (χ1n) is 42.2. The standard InChI is InChI=1S/4C22H22O.C7H8O3S.2C3H8O.3C2H6O2.H2O/c4*1-2-18-23-22(19-12-6-3-7-13-19,20-14-8-4-9-15-20)21-16-10-5-11-17-21;1-6-2-4-7(5-3-6)11(8,9)10;2*1-2-3-4;3*3-1-2-4;/h4*3-17H,2,18H2,1H3;2-5H,1H3,(H,8,9,10);2*4H,2-3H2,1H3;3*3-4H,1-2H2;1H2. The average Bonchev–Trinajstić information content (AvgIpc) is 0.777. The van der Waals surface area contributed by atoms with Crippen molar-refractivity contribution in [3.8, 4) is 0 Å². The van der Waals surface area contributed by atoms with Gasteiger partial charge >= 0.3 is 0 Å². The number of hydrogen-bond donors (Lipinski definition) is 9. The van der Waals surface area contributed by atoms with Crippen molar-refractivity contribution in [1.29, 1.82) is 0 Å². The first-order chi connectivity index (χ1) is 60.1. The summed E-state index contributed by atoms with van der Waals surface area (Å²) in [5.41, 5.74) is 12.6. The fourth-order valence-corrected chi connectivity index (χ4v) is 13.3. The van der Waals surface area contributed by atoms with Crippen LogP contribution in [0.1, 0.15) is 152 Å². The van der Waals surface area contributed by atoms with Crippen LogP contribution in [0.3, 0.4) is 0 Å². The molecule has 0 aliphatic heterocycles. The van der Waals surface area contributed by atoms with E-state index in [-0.39, 0.29) is 50.0 Å². The van der Waals surface area contributed by atoms with Crippen LogP contribution in [-0.4, -0.2) is 139 Å². The number of aliphatic hydroxyl groups is 8. The van der Waals surface area contributed by atoms with Crippen LogP contribution < -0.4 is 0 Å². The van der Waals surface area contributed by atoms with Gasteiger partial charge in [0.05, 0.1) is 44.5 Å². The van der Waals surface area contributed by atoms with Gasteiger partial charge in [0.1, 0.15) is 22.4 Å². The molecule has 13 aromatic carbocycles. The van der Waals surface area contributed by atoms with Crippen LogP contribution in [0, 0.1) is 6.92 Å². The highest BCUT2D eigenvalue weighted by Gasteiger charge is 2.41. The third-order valence-electron chi connectivity index (χ3n) is 18.3. The van der Waals surface area contributed by atoms with Crippen molar-refractivity contribution < 1.29 is 78.2 Å². The Morgan fingerprint density at radius 2 is 0.331 bits per heavy atom.